The number of hydrogen-bond acceptors (Lipinski definition) is 4. The van der Waals surface area contributed by atoms with Gasteiger partial charge in [-0.15, -0.1) is 12.4 Å². The Kier molecular flexibility index (Phi) is 5.33. The van der Waals surface area contributed by atoms with Crippen LogP contribution in [0.15, 0.2) is 12.1 Å². The molecule has 0 radical (unpaired) electrons. The summed E-state index contributed by atoms with van der Waals surface area (Å²) in [6.45, 7) is 1.54. The Morgan fingerprint density at radius 2 is 2.18 bits per heavy atom. The van der Waals surface area contributed by atoms with Gasteiger partial charge in [-0.3, -0.25) is 9.59 Å². The Morgan fingerprint density at radius 3 is 2.91 bits per heavy atom. The minimum absolute atomic E-state index is 0. The van der Waals surface area contributed by atoms with Crippen LogP contribution in [0.2, 0.25) is 0 Å². The second-order valence-electron chi connectivity index (χ2n) is 5.09. The number of fused-ring (bicyclic) bond motifs is 1. The molecular formula is C14H17ClFN3O3. The molecule has 3 N–H and O–H groups in total. The molecule has 0 aliphatic carbocycles. The van der Waals surface area contributed by atoms with Gasteiger partial charge in [0.2, 0.25) is 5.91 Å². The van der Waals surface area contributed by atoms with Gasteiger partial charge >= 0.3 is 0 Å². The molecule has 2 aliphatic heterocycles. The third kappa shape index (κ3) is 3.55. The van der Waals surface area contributed by atoms with Crippen LogP contribution in [-0.2, 0) is 20.7 Å². The lowest BCUT2D eigenvalue weighted by Crippen LogP contribution is -2.45. The second kappa shape index (κ2) is 7.04. The molecule has 1 fully saturated rings. The maximum absolute atomic E-state index is 14.0. The zero-order valence-electron chi connectivity index (χ0n) is 11.8. The Morgan fingerprint density at radius 1 is 1.36 bits per heavy atom. The van der Waals surface area contributed by atoms with Crippen LogP contribution < -0.4 is 16.0 Å². The van der Waals surface area contributed by atoms with E-state index in [1.165, 1.54) is 12.1 Å². The van der Waals surface area contributed by atoms with Gasteiger partial charge in [-0.25, -0.2) is 4.39 Å². The number of anilines is 2. The van der Waals surface area contributed by atoms with E-state index in [1.807, 2.05) is 0 Å². The average Bonchev–Trinajstić information content (AvgIpc) is 2.49. The van der Waals surface area contributed by atoms with Gasteiger partial charge in [0.15, 0.2) is 0 Å². The topological polar surface area (TPSA) is 79.5 Å². The maximum atomic E-state index is 14.0. The number of carbonyl (C=O) groups is 2. The standard InChI is InChI=1S/C14H16FN3O3.ClH/c15-9-5-8-1-2-13(19)17-10(8)6-11(9)18-14(20)12-7-16-3-4-21-12;/h5-6,12,16H,1-4,7H2,(H,17,19)(H,18,20);1H. The predicted molar refractivity (Wildman–Crippen MR) is 81.8 cm³/mol. The first kappa shape index (κ1) is 16.7. The highest BCUT2D eigenvalue weighted by molar-refractivity contribution is 5.97. The van der Waals surface area contributed by atoms with Gasteiger partial charge in [0.05, 0.1) is 12.3 Å². The van der Waals surface area contributed by atoms with Crippen LogP contribution in [0.4, 0.5) is 15.8 Å². The molecule has 1 atom stereocenters. The molecule has 6 nitrogen and oxygen atoms in total. The third-order valence-corrected chi connectivity index (χ3v) is 3.57. The van der Waals surface area contributed by atoms with Crippen molar-refractivity contribution in [3.63, 3.8) is 0 Å². The fourth-order valence-electron chi connectivity index (χ4n) is 2.44. The van der Waals surface area contributed by atoms with Crippen LogP contribution in [0.5, 0.6) is 0 Å². The normalized spacial score (nSPS) is 20.4. The van der Waals surface area contributed by atoms with Crippen molar-refractivity contribution in [1.82, 2.24) is 5.32 Å². The molecule has 8 heteroatoms. The molecule has 0 saturated carbocycles. The summed E-state index contributed by atoms with van der Waals surface area (Å²) in [7, 11) is 0. The SMILES string of the molecule is Cl.O=C1CCc2cc(F)c(NC(=O)C3CNCCO3)cc2N1. The predicted octanol–water partition coefficient (Wildman–Crippen LogP) is 1.06. The third-order valence-electron chi connectivity index (χ3n) is 3.57. The summed E-state index contributed by atoms with van der Waals surface area (Å²) in [5, 5.41) is 8.23. The maximum Gasteiger partial charge on any atom is 0.254 e. The second-order valence-corrected chi connectivity index (χ2v) is 5.09. The van der Waals surface area contributed by atoms with Gasteiger partial charge in [0.25, 0.3) is 5.91 Å². The Labute approximate surface area is 133 Å². The van der Waals surface area contributed by atoms with Crippen LogP contribution in [-0.4, -0.2) is 37.6 Å². The molecule has 2 amide bonds. The molecule has 1 aromatic carbocycles. The number of carbonyl (C=O) groups excluding carboxylic acids is 2. The lowest BCUT2D eigenvalue weighted by atomic mass is 10.0. The highest BCUT2D eigenvalue weighted by atomic mass is 35.5. The van der Waals surface area contributed by atoms with Gasteiger partial charge in [0.1, 0.15) is 11.9 Å². The van der Waals surface area contributed by atoms with E-state index >= 15 is 0 Å². The van der Waals surface area contributed by atoms with E-state index in [9.17, 15) is 14.0 Å². The first-order valence-electron chi connectivity index (χ1n) is 6.89. The molecule has 2 aliphatic rings. The number of aryl methyl sites for hydroxylation is 1. The van der Waals surface area contributed by atoms with Crippen molar-refractivity contribution in [2.24, 2.45) is 0 Å². The fraction of sp³-hybridized carbons (Fsp3) is 0.429. The molecule has 0 spiro atoms. The molecule has 1 unspecified atom stereocenters. The number of nitrogens with one attached hydrogen (secondary N) is 3. The number of hydrogen-bond donors (Lipinski definition) is 3. The first-order chi connectivity index (χ1) is 10.1. The van der Waals surface area contributed by atoms with Crippen molar-refractivity contribution in [2.75, 3.05) is 30.3 Å². The van der Waals surface area contributed by atoms with E-state index in [4.69, 9.17) is 4.74 Å². The van der Waals surface area contributed by atoms with Crippen molar-refractivity contribution in [1.29, 1.82) is 0 Å². The van der Waals surface area contributed by atoms with E-state index in [1.54, 1.807) is 0 Å². The largest absolute Gasteiger partial charge is 0.366 e. The molecule has 1 saturated heterocycles. The quantitative estimate of drug-likeness (QED) is 0.758. The van der Waals surface area contributed by atoms with Crippen molar-refractivity contribution < 1.29 is 18.7 Å². The van der Waals surface area contributed by atoms with E-state index < -0.39 is 17.8 Å². The van der Waals surface area contributed by atoms with Crippen molar-refractivity contribution >= 4 is 35.6 Å². The van der Waals surface area contributed by atoms with Crippen LogP contribution in [0, 0.1) is 5.82 Å². The summed E-state index contributed by atoms with van der Waals surface area (Å²) in [6, 6.07) is 2.81. The van der Waals surface area contributed by atoms with Gasteiger partial charge in [-0.1, -0.05) is 0 Å². The van der Waals surface area contributed by atoms with Crippen LogP contribution in [0.3, 0.4) is 0 Å². The summed E-state index contributed by atoms with van der Waals surface area (Å²) in [5.41, 5.74) is 1.33. The Balaban J connectivity index is 0.00000176. The van der Waals surface area contributed by atoms with E-state index in [2.05, 4.69) is 16.0 Å². The highest BCUT2D eigenvalue weighted by Gasteiger charge is 2.24. The molecule has 1 aromatic rings. The van der Waals surface area contributed by atoms with Gasteiger partial charge < -0.3 is 20.7 Å². The first-order valence-corrected chi connectivity index (χ1v) is 6.89. The smallest absolute Gasteiger partial charge is 0.254 e. The number of benzene rings is 1. The van der Waals surface area contributed by atoms with E-state index in [-0.39, 0.29) is 24.0 Å². The summed E-state index contributed by atoms with van der Waals surface area (Å²) < 4.78 is 19.3. The van der Waals surface area contributed by atoms with E-state index in [0.29, 0.717) is 38.2 Å². The zero-order chi connectivity index (χ0) is 14.8. The number of halogens is 2. The zero-order valence-corrected chi connectivity index (χ0v) is 12.6. The molecule has 2 heterocycles. The molecule has 22 heavy (non-hydrogen) atoms. The monoisotopic (exact) mass is 329 g/mol. The Bertz CT molecular complexity index is 591. The van der Waals surface area contributed by atoms with Crippen LogP contribution in [0.25, 0.3) is 0 Å². The summed E-state index contributed by atoms with van der Waals surface area (Å²) in [4.78, 5) is 23.4. The van der Waals surface area contributed by atoms with Crippen molar-refractivity contribution in [3.05, 3.63) is 23.5 Å². The summed E-state index contributed by atoms with van der Waals surface area (Å²) >= 11 is 0. The Hall–Kier alpha value is -1.70. The van der Waals surface area contributed by atoms with Gasteiger partial charge in [0, 0.05) is 25.2 Å². The van der Waals surface area contributed by atoms with Crippen LogP contribution >= 0.6 is 12.4 Å². The number of amides is 2. The number of ether oxygens (including phenoxy) is 1. The van der Waals surface area contributed by atoms with Crippen molar-refractivity contribution in [3.8, 4) is 0 Å². The minimum Gasteiger partial charge on any atom is -0.366 e. The molecule has 0 bridgehead atoms. The highest BCUT2D eigenvalue weighted by Crippen LogP contribution is 2.28. The van der Waals surface area contributed by atoms with Crippen molar-refractivity contribution in [2.45, 2.75) is 18.9 Å². The minimum atomic E-state index is -0.635. The summed E-state index contributed by atoms with van der Waals surface area (Å²) in [6.07, 6.45) is 0.214. The lowest BCUT2D eigenvalue weighted by Gasteiger charge is -2.23. The van der Waals surface area contributed by atoms with E-state index in [0.717, 1.165) is 5.56 Å². The number of morpholine rings is 1. The van der Waals surface area contributed by atoms with Gasteiger partial charge in [-0.05, 0) is 24.1 Å². The molecule has 3 rings (SSSR count). The molecule has 120 valence electrons. The summed E-state index contributed by atoms with van der Waals surface area (Å²) in [5.74, 6) is -1.02. The molecular weight excluding hydrogens is 313 g/mol. The van der Waals surface area contributed by atoms with Gasteiger partial charge in [-0.2, -0.15) is 0 Å². The van der Waals surface area contributed by atoms with Crippen LogP contribution in [0.1, 0.15) is 12.0 Å². The average molecular weight is 330 g/mol. The fourth-order valence-corrected chi connectivity index (χ4v) is 2.44. The lowest BCUT2D eigenvalue weighted by molar-refractivity contribution is -0.128. The number of rotatable bonds is 2. The molecule has 0 aromatic heterocycles.